The third-order valence-corrected chi connectivity index (χ3v) is 5.38. The van der Waals surface area contributed by atoms with Gasteiger partial charge in [0.25, 0.3) is 5.56 Å². The molecule has 0 bridgehead atoms. The second-order valence-electron chi connectivity index (χ2n) is 7.61. The van der Waals surface area contributed by atoms with Crippen molar-refractivity contribution < 1.29 is 23.4 Å². The molecule has 0 aliphatic rings. The molecule has 3 rings (SSSR count). The number of amides is 1. The Morgan fingerprint density at radius 2 is 2.00 bits per heavy atom. The number of carbonyl (C=O) groups excluding carboxylic acids is 1. The average Bonchev–Trinajstić information content (AvgIpc) is 2.84. The van der Waals surface area contributed by atoms with Crippen LogP contribution in [0.15, 0.2) is 47.1 Å². The van der Waals surface area contributed by atoms with E-state index in [1.165, 1.54) is 37.4 Å². The van der Waals surface area contributed by atoms with Crippen molar-refractivity contribution in [2.24, 2.45) is 5.10 Å². The van der Waals surface area contributed by atoms with Gasteiger partial charge < -0.3 is 9.84 Å². The molecule has 0 unspecified atom stereocenters. The maximum Gasteiger partial charge on any atom is 0.263 e. The van der Waals surface area contributed by atoms with Gasteiger partial charge in [-0.05, 0) is 36.9 Å². The summed E-state index contributed by atoms with van der Waals surface area (Å²) in [6.07, 6.45) is 2.86. The van der Waals surface area contributed by atoms with Gasteiger partial charge >= 0.3 is 0 Å². The Balaban J connectivity index is 2.27. The number of carbonyl (C=O) groups is 1. The predicted octanol–water partition coefficient (Wildman–Crippen LogP) is 2.93. The van der Waals surface area contributed by atoms with Crippen LogP contribution in [0, 0.1) is 11.6 Å². The number of aliphatic hydroxyl groups is 1. The van der Waals surface area contributed by atoms with Crippen molar-refractivity contribution in [1.29, 1.82) is 0 Å². The molecule has 0 saturated heterocycles. The Labute approximate surface area is 200 Å². The lowest BCUT2D eigenvalue weighted by molar-refractivity contribution is -0.114. The second-order valence-corrected chi connectivity index (χ2v) is 7.61. The summed E-state index contributed by atoms with van der Waals surface area (Å²) in [4.78, 5) is 29.5. The van der Waals surface area contributed by atoms with Gasteiger partial charge in [-0.2, -0.15) is 5.10 Å². The van der Waals surface area contributed by atoms with Crippen LogP contribution in [0.2, 0.25) is 0 Å². The summed E-state index contributed by atoms with van der Waals surface area (Å²) in [5.41, 5.74) is 0.227. The predicted molar refractivity (Wildman–Crippen MR) is 130 cm³/mol. The summed E-state index contributed by atoms with van der Waals surface area (Å²) in [5.74, 6) is -1.44. The van der Waals surface area contributed by atoms with Crippen LogP contribution in [0.4, 0.5) is 14.5 Å². The molecule has 3 aromatic rings. The lowest BCUT2D eigenvalue weighted by Gasteiger charge is -2.21. The monoisotopic (exact) mass is 485 g/mol. The average molecular weight is 485 g/mol. The number of benzene rings is 1. The number of hydrogen-bond donors (Lipinski definition) is 1. The Hall–Kier alpha value is -4.12. The molecule has 2 aromatic heterocycles. The minimum Gasteiger partial charge on any atom is -0.481 e. The fourth-order valence-electron chi connectivity index (χ4n) is 3.55. The molecule has 1 N–H and O–H groups in total. The number of pyridine rings is 2. The Morgan fingerprint density at radius 3 is 2.57 bits per heavy atom. The first kappa shape index (κ1) is 25.5. The molecule has 11 heteroatoms. The minimum absolute atomic E-state index is 0.00948. The van der Waals surface area contributed by atoms with Crippen molar-refractivity contribution >= 4 is 34.3 Å². The summed E-state index contributed by atoms with van der Waals surface area (Å²) < 4.78 is 35.9. The number of aromatic nitrogens is 2. The van der Waals surface area contributed by atoms with Gasteiger partial charge in [-0.25, -0.2) is 13.8 Å². The highest BCUT2D eigenvalue weighted by Crippen LogP contribution is 2.30. The Kier molecular flexibility index (Phi) is 7.60. The minimum atomic E-state index is -0.787. The Morgan fingerprint density at radius 1 is 1.29 bits per heavy atom. The number of ether oxygens (including phenoxy) is 1. The van der Waals surface area contributed by atoms with E-state index in [1.54, 1.807) is 13.8 Å². The highest BCUT2D eigenvalue weighted by Gasteiger charge is 2.19. The smallest absolute Gasteiger partial charge is 0.263 e. The van der Waals surface area contributed by atoms with E-state index in [4.69, 9.17) is 4.74 Å². The Bertz CT molecular complexity index is 1390. The van der Waals surface area contributed by atoms with Gasteiger partial charge in [0.15, 0.2) is 11.7 Å². The van der Waals surface area contributed by atoms with E-state index in [-0.39, 0.29) is 35.0 Å². The lowest BCUT2D eigenvalue weighted by Crippen LogP contribution is -2.34. The van der Waals surface area contributed by atoms with E-state index in [0.29, 0.717) is 22.9 Å². The maximum absolute atomic E-state index is 15.2. The number of allylic oxidation sites excluding steroid dienone is 1. The van der Waals surface area contributed by atoms with Crippen molar-refractivity contribution in [3.8, 4) is 11.6 Å². The topological polar surface area (TPSA) is 100 Å². The summed E-state index contributed by atoms with van der Waals surface area (Å²) in [5, 5.41) is 15.3. The highest BCUT2D eigenvalue weighted by atomic mass is 19.1. The van der Waals surface area contributed by atoms with Crippen LogP contribution in [-0.2, 0) is 4.79 Å². The van der Waals surface area contributed by atoms with E-state index in [9.17, 15) is 19.1 Å². The maximum atomic E-state index is 15.2. The number of hydrazone groups is 1. The first-order valence-corrected chi connectivity index (χ1v) is 10.5. The van der Waals surface area contributed by atoms with Gasteiger partial charge in [0.1, 0.15) is 12.4 Å². The zero-order chi connectivity index (χ0) is 25.9. The zero-order valence-electron chi connectivity index (χ0n) is 19.7. The van der Waals surface area contributed by atoms with Crippen LogP contribution in [-0.4, -0.2) is 59.1 Å². The normalized spacial score (nSPS) is 11.5. The molecule has 2 heterocycles. The second kappa shape index (κ2) is 10.4. The molecular formula is C24H25F2N5O4. The van der Waals surface area contributed by atoms with Gasteiger partial charge in [0.05, 0.1) is 30.1 Å². The van der Waals surface area contributed by atoms with Crippen LogP contribution in [0.5, 0.6) is 5.88 Å². The van der Waals surface area contributed by atoms with E-state index in [2.05, 4.69) is 16.7 Å². The van der Waals surface area contributed by atoms with Crippen LogP contribution in [0.3, 0.4) is 0 Å². The molecule has 0 saturated carbocycles. The molecule has 0 atom stereocenters. The number of likely N-dealkylation sites (N-methyl/N-ethyl adjacent to an activating group) is 1. The lowest BCUT2D eigenvalue weighted by atomic mass is 10.0. The highest BCUT2D eigenvalue weighted by molar-refractivity contribution is 5.95. The van der Waals surface area contributed by atoms with Crippen LogP contribution in [0.1, 0.15) is 19.4 Å². The van der Waals surface area contributed by atoms with Crippen LogP contribution >= 0.6 is 0 Å². The first-order chi connectivity index (χ1) is 16.7. The number of hydrogen-bond acceptors (Lipinski definition) is 7. The third-order valence-electron chi connectivity index (χ3n) is 5.38. The van der Waals surface area contributed by atoms with Crippen LogP contribution in [0.25, 0.3) is 22.0 Å². The third kappa shape index (κ3) is 4.90. The standard InChI is InChI=1S/C24H25F2N5O4/c1-6-30(13-33)22(12-32)28-29(4)20-8-15-16(7-18(20)25)24(34)31(11-17(15)14(2)3)21-9-23(35-5)27-10-19(21)26/h7-11,13,32H,2,6,12H2,1,3-5H3/b28-22-. The first-order valence-electron chi connectivity index (χ1n) is 10.5. The van der Waals surface area contributed by atoms with Crippen molar-refractivity contribution in [3.05, 3.63) is 64.7 Å². The number of fused-ring (bicyclic) bond motifs is 1. The van der Waals surface area contributed by atoms with E-state index in [0.717, 1.165) is 21.8 Å². The summed E-state index contributed by atoms with van der Waals surface area (Å²) in [6.45, 7) is 7.05. The summed E-state index contributed by atoms with van der Waals surface area (Å²) in [6, 6.07) is 3.72. The summed E-state index contributed by atoms with van der Waals surface area (Å²) in [7, 11) is 2.80. The van der Waals surface area contributed by atoms with Crippen molar-refractivity contribution in [2.75, 3.05) is 32.3 Å². The molecule has 0 fully saturated rings. The fraction of sp³-hybridized carbons (Fsp3) is 0.250. The molecule has 0 aliphatic heterocycles. The summed E-state index contributed by atoms with van der Waals surface area (Å²) >= 11 is 0. The molecular weight excluding hydrogens is 460 g/mol. The number of nitrogens with zero attached hydrogens (tertiary/aromatic N) is 5. The molecule has 1 amide bonds. The fourth-order valence-corrected chi connectivity index (χ4v) is 3.55. The van der Waals surface area contributed by atoms with Gasteiger partial charge in [-0.1, -0.05) is 6.58 Å². The van der Waals surface area contributed by atoms with E-state index in [1.807, 2.05) is 0 Å². The number of methoxy groups -OCH3 is 1. The van der Waals surface area contributed by atoms with Crippen molar-refractivity contribution in [2.45, 2.75) is 13.8 Å². The van der Waals surface area contributed by atoms with Gasteiger partial charge in [-0.3, -0.25) is 24.1 Å². The number of aliphatic hydroxyl groups excluding tert-OH is 1. The molecule has 0 aliphatic carbocycles. The molecule has 35 heavy (non-hydrogen) atoms. The van der Waals surface area contributed by atoms with E-state index < -0.39 is 23.8 Å². The quantitative estimate of drug-likeness (QED) is 0.228. The SMILES string of the molecule is C=C(C)c1cn(-c2cc(OC)ncc2F)c(=O)c2cc(F)c(N(C)/N=C(/CO)N(C=O)CC)cc12. The molecule has 1 aromatic carbocycles. The molecule has 0 spiro atoms. The van der Waals surface area contributed by atoms with Crippen molar-refractivity contribution in [3.63, 3.8) is 0 Å². The number of rotatable bonds is 8. The molecule has 0 radical (unpaired) electrons. The van der Waals surface area contributed by atoms with Gasteiger partial charge in [0, 0.05) is 31.4 Å². The largest absolute Gasteiger partial charge is 0.481 e. The van der Waals surface area contributed by atoms with E-state index >= 15 is 4.39 Å². The van der Waals surface area contributed by atoms with Crippen LogP contribution < -0.4 is 15.3 Å². The zero-order valence-corrected chi connectivity index (χ0v) is 19.7. The molecule has 184 valence electrons. The number of halogens is 2. The number of anilines is 1. The van der Waals surface area contributed by atoms with Gasteiger partial charge in [-0.15, -0.1) is 0 Å². The van der Waals surface area contributed by atoms with Crippen molar-refractivity contribution in [1.82, 2.24) is 14.5 Å². The number of amidine groups is 1. The van der Waals surface area contributed by atoms with Gasteiger partial charge in [0.2, 0.25) is 12.3 Å². The molecule has 9 nitrogen and oxygen atoms in total.